The van der Waals surface area contributed by atoms with Crippen molar-refractivity contribution in [2.45, 2.75) is 86.4 Å². The molecule has 3 aromatic heterocycles. The fourth-order valence-electron chi connectivity index (χ4n) is 9.46. The van der Waals surface area contributed by atoms with E-state index in [9.17, 15) is 0 Å². The first-order chi connectivity index (χ1) is 32.3. The minimum absolute atomic E-state index is 0. The number of fused-ring (bicyclic) bond motifs is 4. The largest absolute Gasteiger partial charge is 0.500 e. The van der Waals surface area contributed by atoms with Crippen molar-refractivity contribution in [1.82, 2.24) is 14.5 Å². The van der Waals surface area contributed by atoms with E-state index in [1.165, 1.54) is 49.8 Å². The molecule has 68 heavy (non-hydrogen) atoms. The second-order valence-electron chi connectivity index (χ2n) is 20.0. The van der Waals surface area contributed by atoms with Crippen molar-refractivity contribution in [2.75, 3.05) is 0 Å². The molecule has 345 valence electrons. The average molecular weight is 1080 g/mol. The smallest absolute Gasteiger partial charge is 0.123 e. The van der Waals surface area contributed by atoms with Gasteiger partial charge < -0.3 is 14.0 Å². The van der Waals surface area contributed by atoms with E-state index in [0.29, 0.717) is 17.8 Å². The number of imidazole rings is 1. The Hall–Kier alpha value is -6.17. The number of aryl methyl sites for hydroxylation is 1. The summed E-state index contributed by atoms with van der Waals surface area (Å²) in [5.41, 5.74) is 18.1. The standard InChI is InChI=1S/C38H33N2O.C24H28NSi.Ir/c1-23(2)31-21-27(26-14-7-6-8-15-26)22-32(24(3)4)35(31)40-34-20-10-9-19-33(34)39-38(40)30-18-12-17-29-28-16-11-13-25(5)36(28)41-37(29)30;1-18(2)14-22-16-23(25-17-24(22)26(3,4)5)21-13-9-12-20(15-21)19-10-7-6-8-11-19;/h6-17,19-24H,1-5H3;6-12,15-18H,14H2,1-5H3;/q2*-1;. The van der Waals surface area contributed by atoms with Crippen molar-refractivity contribution >= 4 is 46.2 Å². The molecular formula is C62H61IrN3OSi-2. The van der Waals surface area contributed by atoms with Gasteiger partial charge in [0.25, 0.3) is 0 Å². The van der Waals surface area contributed by atoms with Crippen LogP contribution in [0, 0.1) is 25.0 Å². The molecule has 0 unspecified atom stereocenters. The summed E-state index contributed by atoms with van der Waals surface area (Å²) < 4.78 is 8.96. The van der Waals surface area contributed by atoms with E-state index in [1.54, 1.807) is 0 Å². The second-order valence-corrected chi connectivity index (χ2v) is 25.1. The molecule has 0 spiro atoms. The molecule has 0 saturated heterocycles. The number of furan rings is 1. The van der Waals surface area contributed by atoms with Crippen molar-refractivity contribution in [2.24, 2.45) is 5.92 Å². The van der Waals surface area contributed by atoms with Crippen LogP contribution in [0.5, 0.6) is 0 Å². The summed E-state index contributed by atoms with van der Waals surface area (Å²) in [6.45, 7) is 23.0. The number of pyridine rings is 1. The molecule has 0 fully saturated rings. The summed E-state index contributed by atoms with van der Waals surface area (Å²) in [5.74, 6) is 2.09. The molecule has 0 aliphatic rings. The fraction of sp³-hybridized carbons (Fsp3) is 0.226. The summed E-state index contributed by atoms with van der Waals surface area (Å²) in [7, 11) is -1.40. The van der Waals surface area contributed by atoms with Gasteiger partial charge in [0.05, 0.1) is 30.5 Å². The summed E-state index contributed by atoms with van der Waals surface area (Å²) in [6.07, 6.45) is 3.23. The van der Waals surface area contributed by atoms with Gasteiger partial charge in [-0.15, -0.1) is 53.6 Å². The third kappa shape index (κ3) is 9.74. The molecular weight excluding hydrogens is 1020 g/mol. The molecule has 3 heterocycles. The quantitative estimate of drug-likeness (QED) is 0.101. The average Bonchev–Trinajstić information content (AvgIpc) is 3.91. The Morgan fingerprint density at radius 3 is 1.88 bits per heavy atom. The minimum Gasteiger partial charge on any atom is -0.500 e. The summed E-state index contributed by atoms with van der Waals surface area (Å²) >= 11 is 0. The molecule has 0 bridgehead atoms. The van der Waals surface area contributed by atoms with Crippen molar-refractivity contribution < 1.29 is 24.5 Å². The second kappa shape index (κ2) is 20.2. The Bertz CT molecular complexity index is 3330. The van der Waals surface area contributed by atoms with Crippen molar-refractivity contribution in [1.29, 1.82) is 0 Å². The van der Waals surface area contributed by atoms with Crippen molar-refractivity contribution in [3.05, 3.63) is 192 Å². The van der Waals surface area contributed by atoms with E-state index in [2.05, 4.69) is 224 Å². The topological polar surface area (TPSA) is 43.9 Å². The predicted molar refractivity (Wildman–Crippen MR) is 286 cm³/mol. The molecule has 0 amide bonds. The van der Waals surface area contributed by atoms with Crippen LogP contribution in [0.25, 0.3) is 83.6 Å². The zero-order chi connectivity index (χ0) is 47.0. The molecule has 0 aliphatic heterocycles. The molecule has 10 rings (SSSR count). The first kappa shape index (κ1) is 48.3. The maximum absolute atomic E-state index is 6.60. The van der Waals surface area contributed by atoms with E-state index in [-0.39, 0.29) is 20.1 Å². The molecule has 6 heteroatoms. The van der Waals surface area contributed by atoms with Crippen molar-refractivity contribution in [3.8, 4) is 50.6 Å². The van der Waals surface area contributed by atoms with E-state index < -0.39 is 8.07 Å². The maximum atomic E-state index is 6.60. The first-order valence-corrected chi connectivity index (χ1v) is 27.4. The summed E-state index contributed by atoms with van der Waals surface area (Å²) in [5, 5.41) is 3.69. The summed E-state index contributed by atoms with van der Waals surface area (Å²) in [4.78, 5) is 10.1. The molecule has 7 aromatic carbocycles. The normalized spacial score (nSPS) is 11.7. The number of benzene rings is 7. The zero-order valence-electron chi connectivity index (χ0n) is 41.0. The van der Waals surface area contributed by atoms with Crippen LogP contribution in [0.4, 0.5) is 0 Å². The van der Waals surface area contributed by atoms with Gasteiger partial charge in [0.2, 0.25) is 0 Å². The van der Waals surface area contributed by atoms with E-state index in [0.717, 1.165) is 67.6 Å². The Kier molecular flexibility index (Phi) is 14.3. The number of aromatic nitrogens is 3. The Balaban J connectivity index is 0.000000201. The SMILES string of the molecule is CC(C)Cc1cc(-c2[c-]ccc(-c3ccccc3)c2)ncc1[Si](C)(C)C.Cc1cccc2c1oc1c(-c3nc4ccccc4n3-c3c(C(C)C)cc(-c4ccccc4)cc3C(C)C)[c-]ccc12.[Ir]. The molecule has 4 nitrogen and oxygen atoms in total. The maximum Gasteiger partial charge on any atom is 0.123 e. The van der Waals surface area contributed by atoms with E-state index >= 15 is 0 Å². The first-order valence-electron chi connectivity index (χ1n) is 23.9. The number of nitrogens with zero attached hydrogens (tertiary/aromatic N) is 3. The Labute approximate surface area is 417 Å². The number of para-hydroxylation sites is 3. The number of hydrogen-bond acceptors (Lipinski definition) is 3. The van der Waals surface area contributed by atoms with Crippen LogP contribution >= 0.6 is 0 Å². The van der Waals surface area contributed by atoms with Gasteiger partial charge >= 0.3 is 0 Å². The van der Waals surface area contributed by atoms with Crippen LogP contribution in [0.2, 0.25) is 19.6 Å². The van der Waals surface area contributed by atoms with Gasteiger partial charge in [0.15, 0.2) is 0 Å². The van der Waals surface area contributed by atoms with Crippen LogP contribution in [0.15, 0.2) is 162 Å². The third-order valence-corrected chi connectivity index (χ3v) is 14.9. The van der Waals surface area contributed by atoms with Crippen LogP contribution < -0.4 is 5.19 Å². The fourth-order valence-corrected chi connectivity index (χ4v) is 11.0. The molecule has 1 radical (unpaired) electrons. The molecule has 0 aliphatic carbocycles. The van der Waals surface area contributed by atoms with Gasteiger partial charge in [-0.2, -0.15) is 0 Å². The van der Waals surface area contributed by atoms with Gasteiger partial charge in [0, 0.05) is 37.4 Å². The predicted octanol–water partition coefficient (Wildman–Crippen LogP) is 16.6. The van der Waals surface area contributed by atoms with Crippen LogP contribution in [-0.4, -0.2) is 22.6 Å². The molecule has 10 aromatic rings. The zero-order valence-corrected chi connectivity index (χ0v) is 44.4. The van der Waals surface area contributed by atoms with Gasteiger partial charge in [-0.05, 0) is 99.6 Å². The van der Waals surface area contributed by atoms with Gasteiger partial charge in [0.1, 0.15) is 5.58 Å². The molecule has 0 N–H and O–H groups in total. The monoisotopic (exact) mass is 1080 g/mol. The van der Waals surface area contributed by atoms with Gasteiger partial charge in [-0.1, -0.05) is 175 Å². The van der Waals surface area contributed by atoms with Gasteiger partial charge in [-0.3, -0.25) is 4.98 Å². The Morgan fingerprint density at radius 2 is 1.24 bits per heavy atom. The van der Waals surface area contributed by atoms with E-state index in [1.807, 2.05) is 18.2 Å². The van der Waals surface area contributed by atoms with Crippen LogP contribution in [0.1, 0.15) is 75.6 Å². The summed E-state index contributed by atoms with van der Waals surface area (Å²) in [6, 6.07) is 60.3. The number of rotatable bonds is 10. The number of hydrogen-bond donors (Lipinski definition) is 0. The van der Waals surface area contributed by atoms with Crippen LogP contribution in [0.3, 0.4) is 0 Å². The van der Waals surface area contributed by atoms with Crippen molar-refractivity contribution in [3.63, 3.8) is 0 Å². The van der Waals surface area contributed by atoms with Gasteiger partial charge in [-0.25, -0.2) is 0 Å². The molecule has 0 saturated carbocycles. The third-order valence-electron chi connectivity index (χ3n) is 12.8. The molecule has 0 atom stereocenters. The minimum atomic E-state index is -1.40. The Morgan fingerprint density at radius 1 is 0.618 bits per heavy atom. The van der Waals surface area contributed by atoms with E-state index in [4.69, 9.17) is 14.4 Å². The van der Waals surface area contributed by atoms with Crippen LogP contribution in [-0.2, 0) is 26.5 Å².